The molecule has 0 amide bonds. The first-order valence-corrected chi connectivity index (χ1v) is 8.20. The molecule has 1 saturated carbocycles. The lowest BCUT2D eigenvalue weighted by Gasteiger charge is -2.28. The van der Waals surface area contributed by atoms with Gasteiger partial charge in [-0.3, -0.25) is 0 Å². The van der Waals surface area contributed by atoms with Gasteiger partial charge in [0.2, 0.25) is 0 Å². The smallest absolute Gasteiger partial charge is 0.0578 e. The standard InChI is InChI=1S/C20H25N/c1-16(17-10-8-9-11-17)21-20(18-12-4-2-5-13-18)19-14-6-3-7-15-19/h2-7,12-17,20-21H,8-11H2,1H3/t16-/m1/s1. The number of benzene rings is 2. The first-order valence-electron chi connectivity index (χ1n) is 8.20. The van der Waals surface area contributed by atoms with Crippen molar-refractivity contribution in [1.82, 2.24) is 5.32 Å². The molecular weight excluding hydrogens is 254 g/mol. The van der Waals surface area contributed by atoms with Crippen molar-refractivity contribution in [1.29, 1.82) is 0 Å². The zero-order valence-electron chi connectivity index (χ0n) is 12.8. The fourth-order valence-electron chi connectivity index (χ4n) is 3.53. The van der Waals surface area contributed by atoms with Crippen molar-refractivity contribution in [2.45, 2.75) is 44.7 Å². The summed E-state index contributed by atoms with van der Waals surface area (Å²) in [7, 11) is 0. The third-order valence-electron chi connectivity index (χ3n) is 4.80. The minimum Gasteiger partial charge on any atom is -0.303 e. The molecule has 0 spiro atoms. The van der Waals surface area contributed by atoms with Crippen LogP contribution in [-0.4, -0.2) is 6.04 Å². The summed E-state index contributed by atoms with van der Waals surface area (Å²) in [6.45, 7) is 2.36. The van der Waals surface area contributed by atoms with Crippen LogP contribution in [0.1, 0.15) is 49.8 Å². The van der Waals surface area contributed by atoms with Crippen LogP contribution in [0.3, 0.4) is 0 Å². The van der Waals surface area contributed by atoms with Gasteiger partial charge in [-0.15, -0.1) is 0 Å². The molecule has 1 nitrogen and oxygen atoms in total. The van der Waals surface area contributed by atoms with E-state index in [1.807, 2.05) is 0 Å². The van der Waals surface area contributed by atoms with Crippen molar-refractivity contribution in [3.63, 3.8) is 0 Å². The van der Waals surface area contributed by atoms with Crippen molar-refractivity contribution >= 4 is 0 Å². The molecule has 2 aromatic rings. The lowest BCUT2D eigenvalue weighted by Crippen LogP contribution is -2.36. The number of nitrogens with one attached hydrogen (secondary N) is 1. The van der Waals surface area contributed by atoms with E-state index in [9.17, 15) is 0 Å². The predicted molar refractivity (Wildman–Crippen MR) is 89.3 cm³/mol. The molecule has 2 aromatic carbocycles. The maximum absolute atomic E-state index is 3.89. The Morgan fingerprint density at radius 2 is 1.29 bits per heavy atom. The highest BCUT2D eigenvalue weighted by Crippen LogP contribution is 2.30. The number of rotatable bonds is 5. The topological polar surface area (TPSA) is 12.0 Å². The molecule has 0 radical (unpaired) electrons. The molecule has 0 aromatic heterocycles. The summed E-state index contributed by atoms with van der Waals surface area (Å²) in [5.41, 5.74) is 2.71. The van der Waals surface area contributed by atoms with Crippen molar-refractivity contribution in [2.24, 2.45) is 5.92 Å². The Hall–Kier alpha value is -1.60. The quantitative estimate of drug-likeness (QED) is 0.817. The SMILES string of the molecule is C[C@@H](NC(c1ccccc1)c1ccccc1)C1CCCC1. The fraction of sp³-hybridized carbons (Fsp3) is 0.400. The predicted octanol–water partition coefficient (Wildman–Crippen LogP) is 4.94. The van der Waals surface area contributed by atoms with Gasteiger partial charge in [0.25, 0.3) is 0 Å². The summed E-state index contributed by atoms with van der Waals surface area (Å²) in [5.74, 6) is 0.833. The second kappa shape index (κ2) is 6.91. The normalized spacial score (nSPS) is 17.2. The molecule has 0 heterocycles. The van der Waals surface area contributed by atoms with E-state index in [2.05, 4.69) is 72.9 Å². The fourth-order valence-corrected chi connectivity index (χ4v) is 3.53. The van der Waals surface area contributed by atoms with Gasteiger partial charge in [0.15, 0.2) is 0 Å². The van der Waals surface area contributed by atoms with Gasteiger partial charge >= 0.3 is 0 Å². The number of hydrogen-bond donors (Lipinski definition) is 1. The van der Waals surface area contributed by atoms with E-state index in [0.717, 1.165) is 5.92 Å². The summed E-state index contributed by atoms with van der Waals surface area (Å²) in [6, 6.07) is 22.5. The molecule has 0 aliphatic heterocycles. The van der Waals surface area contributed by atoms with Crippen LogP contribution in [0.2, 0.25) is 0 Å². The van der Waals surface area contributed by atoms with Crippen molar-refractivity contribution in [3.05, 3.63) is 71.8 Å². The molecule has 3 rings (SSSR count). The van der Waals surface area contributed by atoms with Crippen molar-refractivity contribution < 1.29 is 0 Å². The highest BCUT2D eigenvalue weighted by atomic mass is 15.0. The van der Waals surface area contributed by atoms with E-state index >= 15 is 0 Å². The molecule has 110 valence electrons. The highest BCUT2D eigenvalue weighted by Gasteiger charge is 2.24. The highest BCUT2D eigenvalue weighted by molar-refractivity contribution is 5.31. The largest absolute Gasteiger partial charge is 0.303 e. The van der Waals surface area contributed by atoms with E-state index < -0.39 is 0 Å². The van der Waals surface area contributed by atoms with Crippen LogP contribution in [0, 0.1) is 5.92 Å². The van der Waals surface area contributed by atoms with Crippen molar-refractivity contribution in [2.75, 3.05) is 0 Å². The minimum absolute atomic E-state index is 0.294. The Balaban J connectivity index is 1.82. The van der Waals surface area contributed by atoms with Gasteiger partial charge in [-0.25, -0.2) is 0 Å². The Morgan fingerprint density at radius 3 is 1.76 bits per heavy atom. The lowest BCUT2D eigenvalue weighted by molar-refractivity contribution is 0.361. The Kier molecular flexibility index (Phi) is 4.72. The lowest BCUT2D eigenvalue weighted by atomic mass is 9.94. The average molecular weight is 279 g/mol. The molecule has 0 bridgehead atoms. The van der Waals surface area contributed by atoms with Crippen LogP contribution in [-0.2, 0) is 0 Å². The number of hydrogen-bond acceptors (Lipinski definition) is 1. The summed E-state index contributed by atoms with van der Waals surface area (Å²) >= 11 is 0. The third kappa shape index (κ3) is 3.54. The Morgan fingerprint density at radius 1 is 0.810 bits per heavy atom. The first kappa shape index (κ1) is 14.3. The van der Waals surface area contributed by atoms with E-state index in [1.54, 1.807) is 0 Å². The van der Waals surface area contributed by atoms with Gasteiger partial charge < -0.3 is 5.32 Å². The average Bonchev–Trinajstić information content (AvgIpc) is 3.09. The minimum atomic E-state index is 0.294. The summed E-state index contributed by atoms with van der Waals surface area (Å²) < 4.78 is 0. The molecule has 0 saturated heterocycles. The van der Waals surface area contributed by atoms with Crippen LogP contribution in [0.4, 0.5) is 0 Å². The van der Waals surface area contributed by atoms with Gasteiger partial charge in [-0.2, -0.15) is 0 Å². The van der Waals surface area contributed by atoms with E-state index in [-0.39, 0.29) is 0 Å². The van der Waals surface area contributed by atoms with Crippen LogP contribution >= 0.6 is 0 Å². The van der Waals surface area contributed by atoms with Gasteiger partial charge in [0, 0.05) is 6.04 Å². The van der Waals surface area contributed by atoms with E-state index in [0.29, 0.717) is 12.1 Å². The molecule has 1 N–H and O–H groups in total. The van der Waals surface area contributed by atoms with E-state index in [1.165, 1.54) is 36.8 Å². The molecule has 21 heavy (non-hydrogen) atoms. The molecule has 0 unspecified atom stereocenters. The van der Waals surface area contributed by atoms with Crippen LogP contribution < -0.4 is 5.32 Å². The zero-order chi connectivity index (χ0) is 14.5. The molecule has 1 atom stereocenters. The second-order valence-electron chi connectivity index (χ2n) is 6.25. The van der Waals surface area contributed by atoms with Gasteiger partial charge in [0.1, 0.15) is 0 Å². The molecular formula is C20H25N. The van der Waals surface area contributed by atoms with Crippen LogP contribution in [0.5, 0.6) is 0 Å². The summed E-state index contributed by atoms with van der Waals surface area (Å²) in [6.07, 6.45) is 5.56. The Bertz CT molecular complexity index is 489. The van der Waals surface area contributed by atoms with Gasteiger partial charge in [0.05, 0.1) is 6.04 Å². The maximum Gasteiger partial charge on any atom is 0.0578 e. The van der Waals surface area contributed by atoms with Crippen molar-refractivity contribution in [3.8, 4) is 0 Å². The molecule has 1 heteroatoms. The van der Waals surface area contributed by atoms with Gasteiger partial charge in [-0.1, -0.05) is 73.5 Å². The van der Waals surface area contributed by atoms with Crippen LogP contribution in [0.25, 0.3) is 0 Å². The second-order valence-corrected chi connectivity index (χ2v) is 6.25. The maximum atomic E-state index is 3.89. The summed E-state index contributed by atoms with van der Waals surface area (Å²) in [5, 5.41) is 3.89. The molecule has 1 aliphatic carbocycles. The monoisotopic (exact) mass is 279 g/mol. The first-order chi connectivity index (χ1) is 10.3. The summed E-state index contributed by atoms with van der Waals surface area (Å²) in [4.78, 5) is 0. The van der Waals surface area contributed by atoms with Crippen LogP contribution in [0.15, 0.2) is 60.7 Å². The van der Waals surface area contributed by atoms with Gasteiger partial charge in [-0.05, 0) is 36.8 Å². The zero-order valence-corrected chi connectivity index (χ0v) is 12.8. The molecule has 1 fully saturated rings. The van der Waals surface area contributed by atoms with E-state index in [4.69, 9.17) is 0 Å². The third-order valence-corrected chi connectivity index (χ3v) is 4.80. The molecule has 1 aliphatic rings. The Labute approximate surface area is 128 Å².